The molecule has 4 heteroatoms. The van der Waals surface area contributed by atoms with Crippen molar-refractivity contribution in [1.82, 2.24) is 0 Å². The molecule has 1 unspecified atom stereocenters. The molecule has 1 aliphatic carbocycles. The third-order valence-corrected chi connectivity index (χ3v) is 4.94. The summed E-state index contributed by atoms with van der Waals surface area (Å²) in [7, 11) is 0. The number of ketones is 1. The second-order valence-electron chi connectivity index (χ2n) is 5.21. The number of amides is 1. The van der Waals surface area contributed by atoms with Crippen LogP contribution in [0.15, 0.2) is 29.2 Å². The summed E-state index contributed by atoms with van der Waals surface area (Å²) in [5.41, 5.74) is 2.48. The molecule has 0 saturated heterocycles. The highest BCUT2D eigenvalue weighted by Crippen LogP contribution is 2.42. The first-order valence-electron chi connectivity index (χ1n) is 6.94. The highest BCUT2D eigenvalue weighted by atomic mass is 32.2. The zero-order valence-corrected chi connectivity index (χ0v) is 12.3. The summed E-state index contributed by atoms with van der Waals surface area (Å²) in [6.07, 6.45) is 5.52. The maximum atomic E-state index is 12.3. The molecular weight excluding hydrogens is 270 g/mol. The monoisotopic (exact) mass is 287 g/mol. The minimum Gasteiger partial charge on any atom is -0.321 e. The molecule has 1 aromatic rings. The number of rotatable bonds is 2. The highest BCUT2D eigenvalue weighted by molar-refractivity contribution is 8.02. The third kappa shape index (κ3) is 2.18. The summed E-state index contributed by atoms with van der Waals surface area (Å²) >= 11 is 1.54. The van der Waals surface area contributed by atoms with Gasteiger partial charge in [-0.15, -0.1) is 11.8 Å². The lowest BCUT2D eigenvalue weighted by molar-refractivity contribution is -0.123. The predicted octanol–water partition coefficient (Wildman–Crippen LogP) is 3.47. The fourth-order valence-corrected chi connectivity index (χ4v) is 3.98. The largest absolute Gasteiger partial charge is 0.321 e. The quantitative estimate of drug-likeness (QED) is 0.847. The molecule has 0 radical (unpaired) electrons. The van der Waals surface area contributed by atoms with Crippen LogP contribution in [0.2, 0.25) is 0 Å². The molecule has 1 atom stereocenters. The number of allylic oxidation sites excluding steroid dienone is 1. The lowest BCUT2D eigenvalue weighted by Crippen LogP contribution is -2.21. The number of para-hydroxylation sites is 1. The molecule has 1 aromatic carbocycles. The molecule has 3 nitrogen and oxygen atoms in total. The number of hydrogen-bond donors (Lipinski definition) is 1. The van der Waals surface area contributed by atoms with E-state index in [2.05, 4.69) is 5.32 Å². The van der Waals surface area contributed by atoms with Gasteiger partial charge in [-0.1, -0.05) is 24.6 Å². The van der Waals surface area contributed by atoms with Gasteiger partial charge in [0.05, 0.1) is 5.57 Å². The van der Waals surface area contributed by atoms with Crippen molar-refractivity contribution < 1.29 is 9.59 Å². The molecule has 1 amide bonds. The van der Waals surface area contributed by atoms with Crippen molar-refractivity contribution in [3.8, 4) is 0 Å². The van der Waals surface area contributed by atoms with Crippen LogP contribution in [0.3, 0.4) is 0 Å². The van der Waals surface area contributed by atoms with Crippen molar-refractivity contribution >= 4 is 34.7 Å². The Balaban J connectivity index is 2.10. The van der Waals surface area contributed by atoms with E-state index in [1.54, 1.807) is 11.8 Å². The van der Waals surface area contributed by atoms with E-state index in [1.165, 1.54) is 0 Å². The number of thioether (sulfide) groups is 1. The van der Waals surface area contributed by atoms with Gasteiger partial charge >= 0.3 is 0 Å². The minimum atomic E-state index is -0.0920. The topological polar surface area (TPSA) is 46.2 Å². The van der Waals surface area contributed by atoms with Gasteiger partial charge in [0.25, 0.3) is 5.91 Å². The summed E-state index contributed by atoms with van der Waals surface area (Å²) in [4.78, 5) is 25.4. The van der Waals surface area contributed by atoms with E-state index in [9.17, 15) is 9.59 Å². The SMILES string of the molecule is CS/C(=C1/C(=O)Nc2ccccc21)C1CCCCC1=O. The van der Waals surface area contributed by atoms with Crippen LogP contribution in [-0.2, 0) is 9.59 Å². The molecule has 0 bridgehead atoms. The molecule has 2 aliphatic rings. The molecule has 1 heterocycles. The lowest BCUT2D eigenvalue weighted by Gasteiger charge is -2.23. The van der Waals surface area contributed by atoms with Crippen molar-refractivity contribution in [1.29, 1.82) is 0 Å². The Kier molecular flexibility index (Phi) is 3.66. The highest BCUT2D eigenvalue weighted by Gasteiger charge is 2.33. The van der Waals surface area contributed by atoms with E-state index in [0.717, 1.165) is 35.4 Å². The third-order valence-electron chi connectivity index (χ3n) is 4.01. The van der Waals surface area contributed by atoms with Crippen molar-refractivity contribution in [2.45, 2.75) is 25.7 Å². The Bertz CT molecular complexity index is 606. The second-order valence-corrected chi connectivity index (χ2v) is 6.06. The molecule has 0 spiro atoms. The zero-order chi connectivity index (χ0) is 14.1. The maximum Gasteiger partial charge on any atom is 0.257 e. The van der Waals surface area contributed by atoms with E-state index >= 15 is 0 Å². The number of nitrogens with one attached hydrogen (secondary N) is 1. The van der Waals surface area contributed by atoms with Crippen LogP contribution in [0.1, 0.15) is 31.2 Å². The molecule has 104 valence electrons. The summed E-state index contributed by atoms with van der Waals surface area (Å²) < 4.78 is 0. The van der Waals surface area contributed by atoms with Crippen molar-refractivity contribution in [3.63, 3.8) is 0 Å². The number of anilines is 1. The number of benzene rings is 1. The molecule has 20 heavy (non-hydrogen) atoms. The van der Waals surface area contributed by atoms with Gasteiger partial charge in [0.2, 0.25) is 0 Å². The smallest absolute Gasteiger partial charge is 0.257 e. The van der Waals surface area contributed by atoms with Gasteiger partial charge < -0.3 is 5.32 Å². The Morgan fingerprint density at radius 1 is 1.25 bits per heavy atom. The Morgan fingerprint density at radius 2 is 2.05 bits per heavy atom. The van der Waals surface area contributed by atoms with Crippen LogP contribution in [0, 0.1) is 5.92 Å². The molecule has 1 aliphatic heterocycles. The first-order chi connectivity index (χ1) is 9.72. The summed E-state index contributed by atoms with van der Waals surface area (Å²) in [5.74, 6) is 0.116. The first kappa shape index (κ1) is 13.4. The Morgan fingerprint density at radius 3 is 2.80 bits per heavy atom. The van der Waals surface area contributed by atoms with E-state index in [-0.39, 0.29) is 17.6 Å². The molecule has 0 aromatic heterocycles. The van der Waals surface area contributed by atoms with Gasteiger partial charge in [-0.3, -0.25) is 9.59 Å². The normalized spacial score (nSPS) is 24.4. The average molecular weight is 287 g/mol. The average Bonchev–Trinajstić information content (AvgIpc) is 2.78. The molecule has 3 rings (SSSR count). The van der Waals surface area contributed by atoms with Crippen molar-refractivity contribution in [2.24, 2.45) is 5.92 Å². The van der Waals surface area contributed by atoms with Gasteiger partial charge in [-0.05, 0) is 25.2 Å². The van der Waals surface area contributed by atoms with Gasteiger partial charge in [0.1, 0.15) is 5.78 Å². The second kappa shape index (κ2) is 5.44. The van der Waals surface area contributed by atoms with E-state index in [0.29, 0.717) is 12.0 Å². The fraction of sp³-hybridized carbons (Fsp3) is 0.375. The summed E-state index contributed by atoms with van der Waals surface area (Å²) in [6, 6.07) is 7.69. The van der Waals surface area contributed by atoms with E-state index in [4.69, 9.17) is 0 Å². The number of Topliss-reactive ketones (excluding diaryl/α,β-unsaturated/α-hetero) is 1. The number of hydrogen-bond acceptors (Lipinski definition) is 3. The van der Waals surface area contributed by atoms with Crippen LogP contribution in [0.5, 0.6) is 0 Å². The van der Waals surface area contributed by atoms with Crippen LogP contribution >= 0.6 is 11.8 Å². The summed E-state index contributed by atoms with van der Waals surface area (Å²) in [5, 5.41) is 2.89. The van der Waals surface area contributed by atoms with Crippen LogP contribution in [-0.4, -0.2) is 17.9 Å². The summed E-state index contributed by atoms with van der Waals surface area (Å²) in [6.45, 7) is 0. The van der Waals surface area contributed by atoms with Gasteiger partial charge in [-0.25, -0.2) is 0 Å². The van der Waals surface area contributed by atoms with Crippen molar-refractivity contribution in [3.05, 3.63) is 34.7 Å². The van der Waals surface area contributed by atoms with Crippen LogP contribution < -0.4 is 5.32 Å². The van der Waals surface area contributed by atoms with Gasteiger partial charge in [0, 0.05) is 28.5 Å². The molecule has 1 saturated carbocycles. The van der Waals surface area contributed by atoms with Gasteiger partial charge in [0.15, 0.2) is 0 Å². The molecule has 1 fully saturated rings. The van der Waals surface area contributed by atoms with Crippen molar-refractivity contribution in [2.75, 3.05) is 11.6 Å². The van der Waals surface area contributed by atoms with E-state index in [1.807, 2.05) is 30.5 Å². The van der Waals surface area contributed by atoms with Crippen LogP contribution in [0.25, 0.3) is 5.57 Å². The molecular formula is C16H17NO2S. The van der Waals surface area contributed by atoms with E-state index < -0.39 is 0 Å². The molecule has 1 N–H and O–H groups in total. The number of carbonyl (C=O) groups is 2. The fourth-order valence-electron chi connectivity index (χ4n) is 3.04. The minimum absolute atomic E-state index is 0.0751. The standard InChI is InChI=1S/C16H17NO2S/c1-20-15(11-7-3-5-9-13(11)18)14-10-6-2-4-8-12(10)17-16(14)19/h2,4,6,8,11H,3,5,7,9H2,1H3,(H,17,19)/b15-14+. The predicted molar refractivity (Wildman–Crippen MR) is 82.5 cm³/mol. The number of fused-ring (bicyclic) bond motifs is 1. The first-order valence-corrected chi connectivity index (χ1v) is 8.16. The lowest BCUT2D eigenvalue weighted by atomic mass is 9.85. The Hall–Kier alpha value is -1.55. The zero-order valence-electron chi connectivity index (χ0n) is 11.4. The Labute approximate surface area is 122 Å². The maximum absolute atomic E-state index is 12.3. The van der Waals surface area contributed by atoms with Crippen LogP contribution in [0.4, 0.5) is 5.69 Å². The van der Waals surface area contributed by atoms with Gasteiger partial charge in [-0.2, -0.15) is 0 Å². The number of carbonyl (C=O) groups excluding carboxylic acids is 2.